The third-order valence-corrected chi connectivity index (χ3v) is 6.55. The first-order valence-corrected chi connectivity index (χ1v) is 11.1. The fourth-order valence-electron chi connectivity index (χ4n) is 3.71. The first-order valence-electron chi connectivity index (χ1n) is 9.86. The second-order valence-corrected chi connectivity index (χ2v) is 8.67. The van der Waals surface area contributed by atoms with Crippen LogP contribution < -0.4 is 5.43 Å². The van der Waals surface area contributed by atoms with Crippen molar-refractivity contribution in [2.45, 2.75) is 41.6 Å². The van der Waals surface area contributed by atoms with E-state index in [4.69, 9.17) is 11.6 Å². The summed E-state index contributed by atoms with van der Waals surface area (Å²) in [5, 5.41) is 3.21. The van der Waals surface area contributed by atoms with Crippen LogP contribution in [0, 0.1) is 0 Å². The van der Waals surface area contributed by atoms with Crippen LogP contribution in [0.2, 0.25) is 5.02 Å². The molecule has 1 unspecified atom stereocenters. The minimum atomic E-state index is 0. The van der Waals surface area contributed by atoms with Gasteiger partial charge in [-0.2, -0.15) is 0 Å². The Labute approximate surface area is 201 Å². The van der Waals surface area contributed by atoms with E-state index in [2.05, 4.69) is 77.2 Å². The van der Waals surface area contributed by atoms with E-state index in [1.807, 2.05) is 12.1 Å². The molecular formula is C24H27Cl3N2S. The Morgan fingerprint density at radius 3 is 2.33 bits per heavy atom. The van der Waals surface area contributed by atoms with Gasteiger partial charge in [0.25, 0.3) is 0 Å². The van der Waals surface area contributed by atoms with Gasteiger partial charge in [-0.25, -0.2) is 5.01 Å². The van der Waals surface area contributed by atoms with Gasteiger partial charge in [-0.3, -0.25) is 5.43 Å². The van der Waals surface area contributed by atoms with E-state index in [1.165, 1.54) is 40.2 Å². The lowest BCUT2D eigenvalue weighted by Crippen LogP contribution is -2.43. The van der Waals surface area contributed by atoms with Gasteiger partial charge in [-0.1, -0.05) is 78.3 Å². The second kappa shape index (κ2) is 12.6. The molecule has 30 heavy (non-hydrogen) atoms. The van der Waals surface area contributed by atoms with E-state index >= 15 is 0 Å². The molecule has 0 saturated carbocycles. The fourth-order valence-corrected chi connectivity index (χ4v) is 4.78. The molecule has 6 heteroatoms. The van der Waals surface area contributed by atoms with Crippen LogP contribution in [-0.4, -0.2) is 11.6 Å². The molecule has 3 aromatic carbocycles. The van der Waals surface area contributed by atoms with E-state index < -0.39 is 0 Å². The van der Waals surface area contributed by atoms with Crippen molar-refractivity contribution in [1.82, 2.24) is 10.4 Å². The summed E-state index contributed by atoms with van der Waals surface area (Å²) >= 11 is 7.81. The fraction of sp³-hybridized carbons (Fsp3) is 0.250. The van der Waals surface area contributed by atoms with Gasteiger partial charge in [0, 0.05) is 33.9 Å². The molecule has 0 amide bonds. The first kappa shape index (κ1) is 25.1. The van der Waals surface area contributed by atoms with Crippen LogP contribution in [0.25, 0.3) is 0 Å². The van der Waals surface area contributed by atoms with Gasteiger partial charge in [0.2, 0.25) is 0 Å². The zero-order valence-electron chi connectivity index (χ0n) is 16.7. The van der Waals surface area contributed by atoms with E-state index in [0.29, 0.717) is 6.04 Å². The summed E-state index contributed by atoms with van der Waals surface area (Å²) < 4.78 is 0. The normalized spacial score (nSPS) is 16.4. The lowest BCUT2D eigenvalue weighted by molar-refractivity contribution is 0.0822. The topological polar surface area (TPSA) is 15.3 Å². The van der Waals surface area contributed by atoms with Crippen molar-refractivity contribution >= 4 is 48.2 Å². The Morgan fingerprint density at radius 1 is 0.867 bits per heavy atom. The monoisotopic (exact) mass is 480 g/mol. The maximum atomic E-state index is 6.02. The maximum absolute atomic E-state index is 6.02. The summed E-state index contributed by atoms with van der Waals surface area (Å²) in [5.41, 5.74) is 6.44. The summed E-state index contributed by atoms with van der Waals surface area (Å²) in [6, 6.07) is 28.0. The Hall–Kier alpha value is -1.20. The molecule has 1 heterocycles. The molecule has 0 radical (unpaired) electrons. The predicted octanol–water partition coefficient (Wildman–Crippen LogP) is 7.57. The number of hydrazine groups is 1. The van der Waals surface area contributed by atoms with Gasteiger partial charge in [0.1, 0.15) is 0 Å². The first-order chi connectivity index (χ1) is 13.8. The van der Waals surface area contributed by atoms with Crippen LogP contribution >= 0.6 is 48.2 Å². The molecule has 1 atom stereocenters. The van der Waals surface area contributed by atoms with Crippen LogP contribution in [0.4, 0.5) is 0 Å². The summed E-state index contributed by atoms with van der Waals surface area (Å²) in [6.07, 6.45) is 3.75. The molecule has 0 bridgehead atoms. The number of piperidine rings is 1. The molecule has 1 saturated heterocycles. The molecule has 4 rings (SSSR count). The van der Waals surface area contributed by atoms with E-state index in [-0.39, 0.29) is 24.8 Å². The number of hydrogen-bond donors (Lipinski definition) is 1. The molecule has 2 nitrogen and oxygen atoms in total. The number of benzene rings is 3. The molecule has 0 aromatic heterocycles. The van der Waals surface area contributed by atoms with Gasteiger partial charge in [-0.15, -0.1) is 24.8 Å². The Kier molecular flexibility index (Phi) is 10.5. The highest BCUT2D eigenvalue weighted by Crippen LogP contribution is 2.32. The lowest BCUT2D eigenvalue weighted by Gasteiger charge is -2.36. The maximum Gasteiger partial charge on any atom is 0.0493 e. The molecule has 1 N–H and O–H groups in total. The summed E-state index contributed by atoms with van der Waals surface area (Å²) in [5.74, 6) is 0. The third kappa shape index (κ3) is 6.65. The molecule has 160 valence electrons. The third-order valence-electron chi connectivity index (χ3n) is 5.17. The van der Waals surface area contributed by atoms with Crippen molar-refractivity contribution in [3.8, 4) is 0 Å². The largest absolute Gasteiger partial charge is 0.250 e. The second-order valence-electron chi connectivity index (χ2n) is 7.11. The van der Waals surface area contributed by atoms with Gasteiger partial charge >= 0.3 is 0 Å². The molecule has 1 aliphatic rings. The zero-order valence-corrected chi connectivity index (χ0v) is 19.9. The van der Waals surface area contributed by atoms with Crippen molar-refractivity contribution in [2.24, 2.45) is 0 Å². The van der Waals surface area contributed by atoms with Gasteiger partial charge in [0.15, 0.2) is 0 Å². The predicted molar refractivity (Wildman–Crippen MR) is 133 cm³/mol. The standard InChI is InChI=1S/C24H25ClN2S.2ClH/c25-21-13-15-22(16-14-21)28-24-12-5-4-10-20(24)18-26-27-17-7-6-11-23(27)19-8-2-1-3-9-19;;/h1-5,8-10,12-16,23,26H,6-7,11,17-18H2;2*1H. The van der Waals surface area contributed by atoms with Crippen molar-refractivity contribution in [3.05, 3.63) is 95.0 Å². The molecule has 0 spiro atoms. The van der Waals surface area contributed by atoms with Crippen LogP contribution in [0.1, 0.15) is 36.4 Å². The average molecular weight is 482 g/mol. The van der Waals surface area contributed by atoms with Crippen molar-refractivity contribution in [3.63, 3.8) is 0 Å². The molecule has 3 aromatic rings. The zero-order chi connectivity index (χ0) is 19.2. The van der Waals surface area contributed by atoms with Gasteiger partial charge in [-0.05, 0) is 54.3 Å². The minimum Gasteiger partial charge on any atom is -0.250 e. The summed E-state index contributed by atoms with van der Waals surface area (Å²) in [6.45, 7) is 1.92. The van der Waals surface area contributed by atoms with Crippen molar-refractivity contribution in [2.75, 3.05) is 6.54 Å². The lowest BCUT2D eigenvalue weighted by atomic mass is 9.97. The van der Waals surface area contributed by atoms with E-state index in [0.717, 1.165) is 18.1 Å². The summed E-state index contributed by atoms with van der Waals surface area (Å²) in [4.78, 5) is 2.49. The Balaban J connectivity index is 0.00000160. The van der Waals surface area contributed by atoms with E-state index in [1.54, 1.807) is 11.8 Å². The number of nitrogens with zero attached hydrogens (tertiary/aromatic N) is 1. The minimum absolute atomic E-state index is 0. The number of nitrogens with one attached hydrogen (secondary N) is 1. The highest BCUT2D eigenvalue weighted by atomic mass is 35.5. The number of rotatable bonds is 6. The molecule has 0 aliphatic carbocycles. The molecule has 1 aliphatic heterocycles. The van der Waals surface area contributed by atoms with Crippen molar-refractivity contribution in [1.29, 1.82) is 0 Å². The average Bonchev–Trinajstić information content (AvgIpc) is 2.75. The van der Waals surface area contributed by atoms with E-state index in [9.17, 15) is 0 Å². The Bertz CT molecular complexity index is 890. The number of halogens is 3. The van der Waals surface area contributed by atoms with Gasteiger partial charge in [0.05, 0.1) is 0 Å². The van der Waals surface area contributed by atoms with Gasteiger partial charge < -0.3 is 0 Å². The summed E-state index contributed by atoms with van der Waals surface area (Å²) in [7, 11) is 0. The SMILES string of the molecule is Cl.Cl.Clc1ccc(Sc2ccccc2CNN2CCCCC2c2ccccc2)cc1. The van der Waals surface area contributed by atoms with Crippen LogP contribution in [0.3, 0.4) is 0 Å². The van der Waals surface area contributed by atoms with Crippen molar-refractivity contribution < 1.29 is 0 Å². The Morgan fingerprint density at radius 2 is 1.57 bits per heavy atom. The highest BCUT2D eigenvalue weighted by molar-refractivity contribution is 7.99. The number of hydrogen-bond acceptors (Lipinski definition) is 3. The smallest absolute Gasteiger partial charge is 0.0493 e. The molecule has 1 fully saturated rings. The quantitative estimate of drug-likeness (QED) is 0.391. The van der Waals surface area contributed by atoms with Crippen LogP contribution in [0.5, 0.6) is 0 Å². The molecular weight excluding hydrogens is 455 g/mol. The van der Waals surface area contributed by atoms with Crippen LogP contribution in [-0.2, 0) is 6.54 Å². The highest BCUT2D eigenvalue weighted by Gasteiger charge is 2.23. The van der Waals surface area contributed by atoms with Crippen LogP contribution in [0.15, 0.2) is 88.7 Å².